The molecule has 7 heteroatoms. The SMILES string of the molecule is CC(C)CN(CCCN1C(=O)c2cc3occc3n2C[C@@]1(C)C(=O)NC1CCCCCC1)CC(C)C. The molecule has 200 valence electrons. The van der Waals surface area contributed by atoms with Gasteiger partial charge in [0.25, 0.3) is 5.91 Å². The molecule has 4 rings (SSSR count). The fourth-order valence-electron chi connectivity index (χ4n) is 6.13. The molecule has 7 nitrogen and oxygen atoms in total. The summed E-state index contributed by atoms with van der Waals surface area (Å²) in [6.07, 6.45) is 9.33. The predicted octanol–water partition coefficient (Wildman–Crippen LogP) is 5.29. The quantitative estimate of drug-likeness (QED) is 0.452. The van der Waals surface area contributed by atoms with E-state index >= 15 is 0 Å². The molecule has 1 saturated carbocycles. The molecule has 0 saturated heterocycles. The minimum atomic E-state index is -0.944. The Morgan fingerprint density at radius 1 is 1.14 bits per heavy atom. The van der Waals surface area contributed by atoms with Crippen LogP contribution in [0.25, 0.3) is 11.1 Å². The molecule has 0 spiro atoms. The molecular formula is C29H46N4O3. The summed E-state index contributed by atoms with van der Waals surface area (Å²) in [5.41, 5.74) is 1.25. The molecule has 2 aliphatic rings. The highest BCUT2D eigenvalue weighted by Gasteiger charge is 2.48. The number of carbonyl (C=O) groups is 2. The molecule has 0 radical (unpaired) electrons. The van der Waals surface area contributed by atoms with E-state index < -0.39 is 5.54 Å². The Morgan fingerprint density at radius 2 is 1.81 bits per heavy atom. The van der Waals surface area contributed by atoms with E-state index in [9.17, 15) is 9.59 Å². The van der Waals surface area contributed by atoms with E-state index in [1.54, 1.807) is 6.26 Å². The molecule has 0 aromatic carbocycles. The average molecular weight is 499 g/mol. The van der Waals surface area contributed by atoms with E-state index in [2.05, 4.69) is 37.9 Å². The summed E-state index contributed by atoms with van der Waals surface area (Å²) in [4.78, 5) is 32.1. The van der Waals surface area contributed by atoms with Crippen molar-refractivity contribution in [3.63, 3.8) is 0 Å². The number of nitrogens with one attached hydrogen (secondary N) is 1. The van der Waals surface area contributed by atoms with Crippen molar-refractivity contribution in [3.8, 4) is 0 Å². The van der Waals surface area contributed by atoms with E-state index in [0.717, 1.165) is 57.3 Å². The summed E-state index contributed by atoms with van der Waals surface area (Å²) in [6, 6.07) is 3.92. The Balaban J connectivity index is 1.55. The van der Waals surface area contributed by atoms with Crippen molar-refractivity contribution >= 4 is 22.9 Å². The Hall–Kier alpha value is -2.28. The maximum absolute atomic E-state index is 13.9. The second kappa shape index (κ2) is 11.4. The number of carbonyl (C=O) groups excluding carboxylic acids is 2. The largest absolute Gasteiger partial charge is 0.463 e. The first-order valence-electron chi connectivity index (χ1n) is 14.1. The van der Waals surface area contributed by atoms with Gasteiger partial charge in [-0.3, -0.25) is 9.59 Å². The lowest BCUT2D eigenvalue weighted by Gasteiger charge is -2.45. The molecule has 1 aliphatic carbocycles. The molecule has 0 bridgehead atoms. The molecule has 1 aliphatic heterocycles. The first kappa shape index (κ1) is 26.8. The molecule has 0 unspecified atom stereocenters. The van der Waals surface area contributed by atoms with Gasteiger partial charge in [-0.2, -0.15) is 0 Å². The van der Waals surface area contributed by atoms with Crippen molar-refractivity contribution in [3.05, 3.63) is 24.1 Å². The Bertz CT molecular complexity index is 1020. The number of fused-ring (bicyclic) bond motifs is 3. The summed E-state index contributed by atoms with van der Waals surface area (Å²) in [7, 11) is 0. The van der Waals surface area contributed by atoms with Crippen LogP contribution < -0.4 is 5.32 Å². The molecule has 2 aromatic rings. The lowest BCUT2D eigenvalue weighted by Crippen LogP contribution is -2.65. The fourth-order valence-corrected chi connectivity index (χ4v) is 6.13. The Kier molecular flexibility index (Phi) is 8.48. The van der Waals surface area contributed by atoms with Gasteiger partial charge in [-0.1, -0.05) is 53.4 Å². The van der Waals surface area contributed by atoms with Gasteiger partial charge in [-0.15, -0.1) is 0 Å². The third-order valence-corrected chi connectivity index (χ3v) is 7.83. The minimum absolute atomic E-state index is 0.0278. The average Bonchev–Trinajstić information content (AvgIpc) is 3.29. The summed E-state index contributed by atoms with van der Waals surface area (Å²) >= 11 is 0. The number of furan rings is 1. The van der Waals surface area contributed by atoms with Crippen LogP contribution in [0.3, 0.4) is 0 Å². The fraction of sp³-hybridized carbons (Fsp3) is 0.724. The van der Waals surface area contributed by atoms with Crippen LogP contribution in [-0.4, -0.2) is 63.9 Å². The molecular weight excluding hydrogens is 452 g/mol. The highest BCUT2D eigenvalue weighted by Crippen LogP contribution is 2.33. The van der Waals surface area contributed by atoms with Gasteiger partial charge < -0.3 is 24.1 Å². The van der Waals surface area contributed by atoms with Crippen molar-refractivity contribution in [1.82, 2.24) is 19.7 Å². The maximum Gasteiger partial charge on any atom is 0.271 e. The molecule has 2 amide bonds. The molecule has 1 atom stereocenters. The van der Waals surface area contributed by atoms with Crippen LogP contribution in [0, 0.1) is 11.8 Å². The summed E-state index contributed by atoms with van der Waals surface area (Å²) in [5.74, 6) is 1.08. The number of rotatable bonds is 10. The van der Waals surface area contributed by atoms with E-state index in [1.165, 1.54) is 12.8 Å². The van der Waals surface area contributed by atoms with Gasteiger partial charge in [0.2, 0.25) is 5.91 Å². The standard InChI is InChI=1S/C29H46N4O3/c1-21(2)18-31(19-22(3)4)14-10-15-33-27(34)25-17-26-24(13-16-36-26)32(25)20-29(33,5)28(35)30-23-11-8-6-7-9-12-23/h13,16-17,21-23H,6-12,14-15,18-20H2,1-5H3,(H,30,35)/t29-/m0/s1. The first-order valence-corrected chi connectivity index (χ1v) is 14.1. The van der Waals surface area contributed by atoms with Gasteiger partial charge in [0.05, 0.1) is 18.3 Å². The van der Waals surface area contributed by atoms with Crippen molar-refractivity contribution < 1.29 is 14.0 Å². The molecule has 36 heavy (non-hydrogen) atoms. The lowest BCUT2D eigenvalue weighted by atomic mass is 9.93. The first-order chi connectivity index (χ1) is 17.2. The van der Waals surface area contributed by atoms with Crippen molar-refractivity contribution in [1.29, 1.82) is 0 Å². The second-order valence-electron chi connectivity index (χ2n) is 12.1. The number of hydrogen-bond donors (Lipinski definition) is 1. The van der Waals surface area contributed by atoms with Crippen LogP contribution >= 0.6 is 0 Å². The van der Waals surface area contributed by atoms with E-state index in [0.29, 0.717) is 36.2 Å². The van der Waals surface area contributed by atoms with Crippen LogP contribution in [0.4, 0.5) is 0 Å². The van der Waals surface area contributed by atoms with Gasteiger partial charge >= 0.3 is 0 Å². The lowest BCUT2D eigenvalue weighted by molar-refractivity contribution is -0.133. The van der Waals surface area contributed by atoms with Crippen LogP contribution in [0.2, 0.25) is 0 Å². The topological polar surface area (TPSA) is 70.7 Å². The number of hydrogen-bond acceptors (Lipinski definition) is 4. The van der Waals surface area contributed by atoms with Crippen molar-refractivity contribution in [2.24, 2.45) is 11.8 Å². The summed E-state index contributed by atoms with van der Waals surface area (Å²) in [5, 5.41) is 3.36. The highest BCUT2D eigenvalue weighted by molar-refractivity contribution is 6.02. The summed E-state index contributed by atoms with van der Waals surface area (Å²) < 4.78 is 7.59. The highest BCUT2D eigenvalue weighted by atomic mass is 16.3. The number of aromatic nitrogens is 1. The van der Waals surface area contributed by atoms with Crippen molar-refractivity contribution in [2.45, 2.75) is 97.7 Å². The zero-order chi connectivity index (χ0) is 25.9. The normalized spacial score (nSPS) is 21.6. The van der Waals surface area contributed by atoms with Gasteiger partial charge in [-0.25, -0.2) is 0 Å². The zero-order valence-corrected chi connectivity index (χ0v) is 23.0. The molecule has 1 fully saturated rings. The zero-order valence-electron chi connectivity index (χ0n) is 23.0. The van der Waals surface area contributed by atoms with Crippen LogP contribution in [0.5, 0.6) is 0 Å². The molecule has 2 aromatic heterocycles. The Morgan fingerprint density at radius 3 is 2.44 bits per heavy atom. The Labute approximate surface area is 216 Å². The van der Waals surface area contributed by atoms with Gasteiger partial charge in [0.1, 0.15) is 11.2 Å². The third kappa shape index (κ3) is 5.82. The van der Waals surface area contributed by atoms with Crippen molar-refractivity contribution in [2.75, 3.05) is 26.2 Å². The van der Waals surface area contributed by atoms with Gasteiger partial charge in [0.15, 0.2) is 5.58 Å². The van der Waals surface area contributed by atoms with Gasteiger partial charge in [0, 0.05) is 37.8 Å². The molecule has 1 N–H and O–H groups in total. The van der Waals surface area contributed by atoms with Crippen LogP contribution in [0.1, 0.15) is 90.1 Å². The van der Waals surface area contributed by atoms with E-state index in [-0.39, 0.29) is 17.9 Å². The van der Waals surface area contributed by atoms with E-state index in [4.69, 9.17) is 4.42 Å². The summed E-state index contributed by atoms with van der Waals surface area (Å²) in [6.45, 7) is 15.0. The number of nitrogens with zero attached hydrogens (tertiary/aromatic N) is 3. The number of amides is 2. The van der Waals surface area contributed by atoms with Gasteiger partial charge in [-0.05, 0) is 44.6 Å². The predicted molar refractivity (Wildman–Crippen MR) is 144 cm³/mol. The monoisotopic (exact) mass is 498 g/mol. The van der Waals surface area contributed by atoms with Crippen LogP contribution in [-0.2, 0) is 11.3 Å². The van der Waals surface area contributed by atoms with Crippen LogP contribution in [0.15, 0.2) is 22.8 Å². The third-order valence-electron chi connectivity index (χ3n) is 7.83. The second-order valence-corrected chi connectivity index (χ2v) is 12.1. The molecule has 3 heterocycles. The minimum Gasteiger partial charge on any atom is -0.463 e. The smallest absolute Gasteiger partial charge is 0.271 e. The maximum atomic E-state index is 13.9. The van der Waals surface area contributed by atoms with E-state index in [1.807, 2.05) is 28.5 Å².